The second-order valence-electron chi connectivity index (χ2n) is 7.31. The van der Waals surface area contributed by atoms with Gasteiger partial charge in [-0.15, -0.1) is 0 Å². The first-order chi connectivity index (χ1) is 10.7. The van der Waals surface area contributed by atoms with Gasteiger partial charge in [-0.2, -0.15) is 0 Å². The number of hydrogen-bond donors (Lipinski definition) is 0. The molecular weight excluding hydrogens is 282 g/mol. The fourth-order valence-corrected chi connectivity index (χ4v) is 2.77. The van der Waals surface area contributed by atoms with Crippen LogP contribution in [0, 0.1) is 0 Å². The van der Waals surface area contributed by atoms with Crippen LogP contribution in [-0.2, 0) is 0 Å². The minimum Gasteiger partial charge on any atom is -0.287 e. The van der Waals surface area contributed by atoms with E-state index in [2.05, 4.69) is 58.1 Å². The van der Waals surface area contributed by atoms with Crippen molar-refractivity contribution in [2.24, 2.45) is 4.99 Å². The molecule has 2 aromatic carbocycles. The molecule has 0 aromatic heterocycles. The van der Waals surface area contributed by atoms with Crippen molar-refractivity contribution >= 4 is 13.8 Å². The van der Waals surface area contributed by atoms with Gasteiger partial charge >= 0.3 is 0 Å². The van der Waals surface area contributed by atoms with Crippen LogP contribution in [-0.4, -0.2) is 19.9 Å². The summed E-state index contributed by atoms with van der Waals surface area (Å²) < 4.78 is 8.73. The van der Waals surface area contributed by atoms with Gasteiger partial charge in [0, 0.05) is 18.6 Å². The highest BCUT2D eigenvalue weighted by atomic mass is 28.3. The van der Waals surface area contributed by atoms with Crippen molar-refractivity contribution in [3.05, 3.63) is 71.8 Å². The Balaban J connectivity index is 2.51. The summed E-state index contributed by atoms with van der Waals surface area (Å²) in [6.07, 6.45) is -0.391. The lowest BCUT2D eigenvalue weighted by atomic mass is 10.0. The van der Waals surface area contributed by atoms with Crippen molar-refractivity contribution in [1.29, 1.82) is 0 Å². The molecule has 2 rings (SSSR count). The molecule has 0 fully saturated rings. The fourth-order valence-electron chi connectivity index (χ4n) is 1.93. The second kappa shape index (κ2) is 6.61. The minimum absolute atomic E-state index is 0.140. The van der Waals surface area contributed by atoms with Crippen LogP contribution in [0.2, 0.25) is 18.1 Å². The molecule has 2 heteroatoms. The van der Waals surface area contributed by atoms with Gasteiger partial charge in [0.15, 0.2) is 0 Å². The Morgan fingerprint density at radius 3 is 1.68 bits per heavy atom. The van der Waals surface area contributed by atoms with Crippen molar-refractivity contribution < 1.29 is 1.37 Å². The molecule has 0 radical (unpaired) electrons. The highest BCUT2D eigenvalue weighted by Gasteiger charge is 2.34. The molecule has 0 spiro atoms. The molecule has 0 amide bonds. The summed E-state index contributed by atoms with van der Waals surface area (Å²) in [5, 5.41) is 0.140. The first-order valence-electron chi connectivity index (χ1n) is 8.42. The zero-order valence-electron chi connectivity index (χ0n) is 15.3. The van der Waals surface area contributed by atoms with Crippen LogP contribution in [0.3, 0.4) is 0 Å². The summed E-state index contributed by atoms with van der Waals surface area (Å²) in [5.74, 6) is 0. The summed E-state index contributed by atoms with van der Waals surface area (Å²) in [6.45, 7) is 11.2. The highest BCUT2D eigenvalue weighted by molar-refractivity contribution is 6.80. The number of hydrogen-bond acceptors (Lipinski definition) is 1. The summed E-state index contributed by atoms with van der Waals surface area (Å²) in [4.78, 5) is 4.90. The Morgan fingerprint density at radius 2 is 1.32 bits per heavy atom. The SMILES string of the molecule is [3H]C(N=C(c1ccccc1)c1ccccc1)[Si](C)(C)C(C)(C)C. The minimum atomic E-state index is -1.86. The van der Waals surface area contributed by atoms with Crippen LogP contribution in [0.15, 0.2) is 65.7 Å². The normalized spacial score (nSPS) is 14.1. The lowest BCUT2D eigenvalue weighted by Crippen LogP contribution is -2.41. The van der Waals surface area contributed by atoms with E-state index in [1.165, 1.54) is 0 Å². The zero-order valence-corrected chi connectivity index (χ0v) is 15.3. The van der Waals surface area contributed by atoms with Gasteiger partial charge in [0.25, 0.3) is 0 Å². The number of aliphatic imine (C=N–C) groups is 1. The molecular formula is C20H27NSi. The largest absolute Gasteiger partial charge is 0.287 e. The molecule has 22 heavy (non-hydrogen) atoms. The lowest BCUT2D eigenvalue weighted by molar-refractivity contribution is 0.715. The third-order valence-corrected chi connectivity index (χ3v) is 9.18. The van der Waals surface area contributed by atoms with Gasteiger partial charge in [-0.1, -0.05) is 94.5 Å². The summed E-state index contributed by atoms with van der Waals surface area (Å²) in [5.41, 5.74) is 3.08. The van der Waals surface area contributed by atoms with Crippen molar-refractivity contribution in [3.63, 3.8) is 0 Å². The van der Waals surface area contributed by atoms with Gasteiger partial charge in [0.05, 0.1) is 13.8 Å². The van der Waals surface area contributed by atoms with E-state index in [-0.39, 0.29) is 5.04 Å². The van der Waals surface area contributed by atoms with Crippen molar-refractivity contribution in [3.8, 4) is 0 Å². The average molecular weight is 312 g/mol. The average Bonchev–Trinajstić information content (AvgIpc) is 2.53. The molecule has 0 bridgehead atoms. The predicted molar refractivity (Wildman–Crippen MR) is 101 cm³/mol. The molecule has 1 atom stereocenters. The van der Waals surface area contributed by atoms with Crippen molar-refractivity contribution in [2.45, 2.75) is 38.9 Å². The van der Waals surface area contributed by atoms with E-state index >= 15 is 0 Å². The molecule has 0 aliphatic rings. The molecule has 2 aromatic rings. The number of rotatable bonds is 4. The maximum Gasteiger partial charge on any atom is 0.0776 e. The first kappa shape index (κ1) is 15.2. The topological polar surface area (TPSA) is 12.4 Å². The van der Waals surface area contributed by atoms with Crippen molar-refractivity contribution in [1.82, 2.24) is 0 Å². The number of nitrogens with zero attached hydrogens (tertiary/aromatic N) is 1. The zero-order chi connectivity index (χ0) is 17.1. The van der Waals surface area contributed by atoms with E-state index in [9.17, 15) is 0 Å². The van der Waals surface area contributed by atoms with Gasteiger partial charge in [-0.05, 0) is 5.04 Å². The van der Waals surface area contributed by atoms with Crippen LogP contribution < -0.4 is 0 Å². The maximum atomic E-state index is 8.73. The van der Waals surface area contributed by atoms with Crippen molar-refractivity contribution in [2.75, 3.05) is 6.14 Å². The smallest absolute Gasteiger partial charge is 0.0776 e. The summed E-state index contributed by atoms with van der Waals surface area (Å²) in [7, 11) is -1.86. The molecule has 1 unspecified atom stereocenters. The Bertz CT molecular complexity index is 616. The lowest BCUT2D eigenvalue weighted by Gasteiger charge is -2.35. The quantitative estimate of drug-likeness (QED) is 0.517. The monoisotopic (exact) mass is 311 g/mol. The van der Waals surface area contributed by atoms with E-state index in [1.807, 2.05) is 36.4 Å². The molecule has 0 saturated heterocycles. The number of benzene rings is 2. The summed E-state index contributed by atoms with van der Waals surface area (Å²) >= 11 is 0. The molecule has 0 N–H and O–H groups in total. The Morgan fingerprint density at radius 1 is 0.909 bits per heavy atom. The molecule has 0 saturated carbocycles. The van der Waals surface area contributed by atoms with E-state index in [1.54, 1.807) is 0 Å². The van der Waals surface area contributed by atoms with Gasteiger partial charge in [-0.3, -0.25) is 4.99 Å². The Labute approximate surface area is 137 Å². The summed E-state index contributed by atoms with van der Waals surface area (Å²) in [6, 6.07) is 20.4. The molecule has 0 aliphatic heterocycles. The van der Waals surface area contributed by atoms with E-state index < -0.39 is 14.2 Å². The van der Waals surface area contributed by atoms with Crippen LogP contribution in [0.5, 0.6) is 0 Å². The Kier molecular flexibility index (Phi) is 4.58. The Hall–Kier alpha value is -1.67. The predicted octanol–water partition coefficient (Wildman–Crippen LogP) is 5.57. The third-order valence-electron chi connectivity index (χ3n) is 4.54. The van der Waals surface area contributed by atoms with Crippen LogP contribution >= 0.6 is 0 Å². The molecule has 116 valence electrons. The van der Waals surface area contributed by atoms with Crippen LogP contribution in [0.25, 0.3) is 0 Å². The first-order valence-corrected chi connectivity index (χ1v) is 10.9. The van der Waals surface area contributed by atoms with E-state index in [0.29, 0.717) is 0 Å². The van der Waals surface area contributed by atoms with Crippen LogP contribution in [0.1, 0.15) is 33.3 Å². The van der Waals surface area contributed by atoms with Crippen LogP contribution in [0.4, 0.5) is 0 Å². The highest BCUT2D eigenvalue weighted by Crippen LogP contribution is 2.36. The van der Waals surface area contributed by atoms with Gasteiger partial charge in [0.2, 0.25) is 0 Å². The molecule has 0 heterocycles. The molecule has 0 aliphatic carbocycles. The van der Waals surface area contributed by atoms with E-state index in [4.69, 9.17) is 6.36 Å². The molecule has 1 nitrogen and oxygen atoms in total. The third kappa shape index (κ3) is 3.95. The van der Waals surface area contributed by atoms with E-state index in [0.717, 1.165) is 16.8 Å². The standard InChI is InChI=1S/C20H27NSi/c1-20(2,3)22(4,5)16-21-19(17-12-8-6-9-13-17)18-14-10-7-11-15-18/h6-15H,16H2,1-5H3/i16T. The second-order valence-corrected chi connectivity index (χ2v) is 12.5. The fraction of sp³-hybridized carbons (Fsp3) is 0.350. The maximum absolute atomic E-state index is 8.73. The van der Waals surface area contributed by atoms with Gasteiger partial charge < -0.3 is 0 Å². The van der Waals surface area contributed by atoms with Gasteiger partial charge in [0.1, 0.15) is 0 Å². The van der Waals surface area contributed by atoms with Gasteiger partial charge in [-0.25, -0.2) is 0 Å².